The van der Waals surface area contributed by atoms with Gasteiger partial charge in [-0.25, -0.2) is 0 Å². The van der Waals surface area contributed by atoms with Gasteiger partial charge in [0.15, 0.2) is 5.78 Å². The van der Waals surface area contributed by atoms with Crippen molar-refractivity contribution in [3.8, 4) is 11.5 Å². The number of ether oxygens (including phenoxy) is 2. The number of hydrogen-bond acceptors (Lipinski definition) is 4. The van der Waals surface area contributed by atoms with Crippen LogP contribution in [0.2, 0.25) is 0 Å². The van der Waals surface area contributed by atoms with Gasteiger partial charge in [-0.2, -0.15) is 0 Å². The highest BCUT2D eigenvalue weighted by Crippen LogP contribution is 2.29. The van der Waals surface area contributed by atoms with Crippen molar-refractivity contribution >= 4 is 17.4 Å². The van der Waals surface area contributed by atoms with Crippen molar-refractivity contribution in [1.29, 1.82) is 0 Å². The Labute approximate surface area is 148 Å². The summed E-state index contributed by atoms with van der Waals surface area (Å²) in [5.41, 5.74) is 3.14. The molecule has 2 aromatic carbocycles. The van der Waals surface area contributed by atoms with Crippen molar-refractivity contribution in [1.82, 2.24) is 0 Å². The molecule has 0 aliphatic heterocycles. The summed E-state index contributed by atoms with van der Waals surface area (Å²) < 4.78 is 10.4. The zero-order valence-corrected chi connectivity index (χ0v) is 15.0. The molecule has 5 nitrogen and oxygen atoms in total. The number of ketones is 1. The molecule has 0 saturated carbocycles. The number of amides is 1. The summed E-state index contributed by atoms with van der Waals surface area (Å²) in [4.78, 5) is 24.6. The highest BCUT2D eigenvalue weighted by molar-refractivity contribution is 6.01. The van der Waals surface area contributed by atoms with Gasteiger partial charge in [0.2, 0.25) is 5.91 Å². The maximum absolute atomic E-state index is 12.4. The SMILES string of the molecule is COc1ccc(OC)c(NC(=O)CCC(=O)c2cc(C)ccc2C)c1. The monoisotopic (exact) mass is 341 g/mol. The Hall–Kier alpha value is -2.82. The standard InChI is InChI=1S/C20H23NO4/c1-13-5-6-14(2)16(11-13)18(22)8-10-20(23)21-17-12-15(24-3)7-9-19(17)25-4/h5-7,9,11-12H,8,10H2,1-4H3,(H,21,23). The van der Waals surface area contributed by atoms with Crippen molar-refractivity contribution in [2.45, 2.75) is 26.7 Å². The number of methoxy groups -OCH3 is 2. The van der Waals surface area contributed by atoms with Gasteiger partial charge in [0.05, 0.1) is 19.9 Å². The normalized spacial score (nSPS) is 10.2. The zero-order valence-electron chi connectivity index (χ0n) is 15.0. The molecule has 0 fully saturated rings. The van der Waals surface area contributed by atoms with Crippen molar-refractivity contribution in [2.75, 3.05) is 19.5 Å². The minimum atomic E-state index is -0.245. The Kier molecular flexibility index (Phi) is 6.17. The second-order valence-electron chi connectivity index (χ2n) is 5.86. The van der Waals surface area contributed by atoms with Crippen molar-refractivity contribution in [3.63, 3.8) is 0 Å². The summed E-state index contributed by atoms with van der Waals surface area (Å²) >= 11 is 0. The molecule has 1 N–H and O–H groups in total. The fourth-order valence-corrected chi connectivity index (χ4v) is 2.52. The first kappa shape index (κ1) is 18.5. The van der Waals surface area contributed by atoms with Gasteiger partial charge in [0.1, 0.15) is 11.5 Å². The van der Waals surface area contributed by atoms with Crippen LogP contribution in [0.1, 0.15) is 34.3 Å². The van der Waals surface area contributed by atoms with Crippen LogP contribution in [0.15, 0.2) is 36.4 Å². The second kappa shape index (κ2) is 8.33. The lowest BCUT2D eigenvalue weighted by Gasteiger charge is -2.12. The van der Waals surface area contributed by atoms with E-state index in [0.717, 1.165) is 11.1 Å². The predicted octanol–water partition coefficient (Wildman–Crippen LogP) is 3.92. The molecule has 0 radical (unpaired) electrons. The highest BCUT2D eigenvalue weighted by Gasteiger charge is 2.14. The van der Waals surface area contributed by atoms with E-state index in [1.807, 2.05) is 32.0 Å². The third kappa shape index (κ3) is 4.83. The molecule has 1 amide bonds. The molecule has 0 aromatic heterocycles. The number of aryl methyl sites for hydroxylation is 2. The van der Waals surface area contributed by atoms with Crippen LogP contribution >= 0.6 is 0 Å². The largest absolute Gasteiger partial charge is 0.497 e. The van der Waals surface area contributed by atoms with Gasteiger partial charge < -0.3 is 14.8 Å². The average Bonchev–Trinajstić information content (AvgIpc) is 2.61. The van der Waals surface area contributed by atoms with E-state index in [9.17, 15) is 9.59 Å². The van der Waals surface area contributed by atoms with Crippen LogP contribution in [-0.2, 0) is 4.79 Å². The maximum Gasteiger partial charge on any atom is 0.224 e. The van der Waals surface area contributed by atoms with E-state index in [1.165, 1.54) is 7.11 Å². The lowest BCUT2D eigenvalue weighted by atomic mass is 9.99. The maximum atomic E-state index is 12.4. The summed E-state index contributed by atoms with van der Waals surface area (Å²) in [7, 11) is 3.08. The van der Waals surface area contributed by atoms with Gasteiger partial charge in [-0.05, 0) is 37.6 Å². The van der Waals surface area contributed by atoms with Gasteiger partial charge in [-0.1, -0.05) is 17.7 Å². The molecule has 0 aliphatic carbocycles. The zero-order chi connectivity index (χ0) is 18.4. The fourth-order valence-electron chi connectivity index (χ4n) is 2.52. The Bertz CT molecular complexity index is 783. The summed E-state index contributed by atoms with van der Waals surface area (Å²) in [6.07, 6.45) is 0.259. The molecule has 0 unspecified atom stereocenters. The van der Waals surface area contributed by atoms with Gasteiger partial charge in [-0.3, -0.25) is 9.59 Å². The summed E-state index contributed by atoms with van der Waals surface area (Å²) in [6.45, 7) is 3.84. The first-order chi connectivity index (χ1) is 11.9. The predicted molar refractivity (Wildman–Crippen MR) is 97.7 cm³/mol. The first-order valence-electron chi connectivity index (χ1n) is 8.07. The van der Waals surface area contributed by atoms with E-state index in [0.29, 0.717) is 22.7 Å². The molecule has 5 heteroatoms. The number of carbonyl (C=O) groups excluding carboxylic acids is 2. The molecular weight excluding hydrogens is 318 g/mol. The van der Waals surface area contributed by atoms with E-state index in [4.69, 9.17) is 9.47 Å². The van der Waals surface area contributed by atoms with E-state index in [1.54, 1.807) is 25.3 Å². The van der Waals surface area contributed by atoms with E-state index in [2.05, 4.69) is 5.32 Å². The molecule has 2 aromatic rings. The van der Waals surface area contributed by atoms with Crippen LogP contribution < -0.4 is 14.8 Å². The third-order valence-corrected chi connectivity index (χ3v) is 3.95. The molecule has 0 spiro atoms. The van der Waals surface area contributed by atoms with Gasteiger partial charge in [0.25, 0.3) is 0 Å². The first-order valence-corrected chi connectivity index (χ1v) is 8.07. The van der Waals surface area contributed by atoms with Crippen LogP contribution in [0, 0.1) is 13.8 Å². The number of anilines is 1. The molecule has 0 bridgehead atoms. The minimum absolute atomic E-state index is 0.0334. The lowest BCUT2D eigenvalue weighted by molar-refractivity contribution is -0.116. The van der Waals surface area contributed by atoms with E-state index >= 15 is 0 Å². The number of Topliss-reactive ketones (excluding diaryl/α,β-unsaturated/α-hetero) is 1. The second-order valence-corrected chi connectivity index (χ2v) is 5.86. The Morgan fingerprint density at radius 1 is 0.960 bits per heavy atom. The smallest absolute Gasteiger partial charge is 0.224 e. The van der Waals surface area contributed by atoms with Crippen LogP contribution in [0.3, 0.4) is 0 Å². The number of hydrogen-bond donors (Lipinski definition) is 1. The summed E-state index contributed by atoms with van der Waals surface area (Å²) in [5, 5.41) is 2.77. The third-order valence-electron chi connectivity index (χ3n) is 3.95. The van der Waals surface area contributed by atoms with Gasteiger partial charge in [-0.15, -0.1) is 0 Å². The number of benzene rings is 2. The van der Waals surface area contributed by atoms with Crippen LogP contribution in [0.4, 0.5) is 5.69 Å². The molecule has 0 heterocycles. The van der Waals surface area contributed by atoms with Crippen molar-refractivity contribution in [3.05, 3.63) is 53.1 Å². The average molecular weight is 341 g/mol. The van der Waals surface area contributed by atoms with Crippen LogP contribution in [0.25, 0.3) is 0 Å². The van der Waals surface area contributed by atoms with Crippen molar-refractivity contribution in [2.24, 2.45) is 0 Å². The Morgan fingerprint density at radius 3 is 2.40 bits per heavy atom. The molecule has 0 aliphatic rings. The van der Waals surface area contributed by atoms with E-state index < -0.39 is 0 Å². The number of carbonyl (C=O) groups is 2. The van der Waals surface area contributed by atoms with Crippen molar-refractivity contribution < 1.29 is 19.1 Å². The number of rotatable bonds is 7. The van der Waals surface area contributed by atoms with Gasteiger partial charge >= 0.3 is 0 Å². The Balaban J connectivity index is 2.01. The molecule has 2 rings (SSSR count). The molecule has 132 valence electrons. The molecule has 0 atom stereocenters. The van der Waals surface area contributed by atoms with E-state index in [-0.39, 0.29) is 24.5 Å². The lowest BCUT2D eigenvalue weighted by Crippen LogP contribution is -2.14. The quantitative estimate of drug-likeness (QED) is 0.775. The van der Waals surface area contributed by atoms with Crippen LogP contribution in [-0.4, -0.2) is 25.9 Å². The minimum Gasteiger partial charge on any atom is -0.497 e. The fraction of sp³-hybridized carbons (Fsp3) is 0.300. The van der Waals surface area contributed by atoms with Gasteiger partial charge in [0, 0.05) is 24.5 Å². The molecule has 25 heavy (non-hydrogen) atoms. The summed E-state index contributed by atoms with van der Waals surface area (Å²) in [5.74, 6) is 0.872. The number of nitrogens with one attached hydrogen (secondary N) is 1. The summed E-state index contributed by atoms with van der Waals surface area (Å²) in [6, 6.07) is 10.9. The topological polar surface area (TPSA) is 64.6 Å². The Morgan fingerprint density at radius 2 is 1.72 bits per heavy atom. The molecular formula is C20H23NO4. The van der Waals surface area contributed by atoms with Crippen LogP contribution in [0.5, 0.6) is 11.5 Å². The molecule has 0 saturated heterocycles. The highest BCUT2D eigenvalue weighted by atomic mass is 16.5.